The molecule has 0 saturated heterocycles. The molecule has 0 aromatic carbocycles. The summed E-state index contributed by atoms with van der Waals surface area (Å²) in [6.07, 6.45) is 9.55. The average Bonchev–Trinajstić information content (AvgIpc) is 3.06. The van der Waals surface area contributed by atoms with Crippen LogP contribution in [0.1, 0.15) is 93.9 Å². The molecule has 1 saturated carbocycles. The van der Waals surface area contributed by atoms with Crippen LogP contribution in [0.4, 0.5) is 0 Å². The smallest absolute Gasteiger partial charge is 0.333 e. The van der Waals surface area contributed by atoms with Crippen LogP contribution in [0.25, 0.3) is 0 Å². The predicted molar refractivity (Wildman–Crippen MR) is 149 cm³/mol. The molecule has 4 aliphatic rings. The third-order valence-corrected chi connectivity index (χ3v) is 11.3. The third kappa shape index (κ3) is 4.37. The van der Waals surface area contributed by atoms with Gasteiger partial charge in [-0.3, -0.25) is 14.4 Å². The van der Waals surface area contributed by atoms with Gasteiger partial charge in [0, 0.05) is 41.2 Å². The van der Waals surface area contributed by atoms with Crippen molar-refractivity contribution in [1.29, 1.82) is 0 Å². The lowest BCUT2D eigenvalue weighted by Crippen LogP contribution is -2.54. The Bertz CT molecular complexity index is 1190. The number of esters is 2. The van der Waals surface area contributed by atoms with Crippen LogP contribution in [0.15, 0.2) is 34.9 Å². The Hall–Kier alpha value is -2.50. The molecule has 0 bridgehead atoms. The van der Waals surface area contributed by atoms with Crippen LogP contribution in [-0.2, 0) is 28.7 Å². The van der Waals surface area contributed by atoms with Gasteiger partial charge < -0.3 is 9.47 Å². The lowest BCUT2D eigenvalue weighted by atomic mass is 9.44. The molecule has 1 fully saturated rings. The third-order valence-electron chi connectivity index (χ3n) is 11.3. The molecule has 39 heavy (non-hydrogen) atoms. The maximum Gasteiger partial charge on any atom is 0.333 e. The maximum atomic E-state index is 14.2. The van der Waals surface area contributed by atoms with Crippen LogP contribution in [0.3, 0.4) is 0 Å². The minimum absolute atomic E-state index is 0.00155. The molecule has 0 amide bonds. The number of carbonyl (C=O) groups is 4. The number of rotatable bonds is 6. The highest BCUT2D eigenvalue weighted by Crippen LogP contribution is 2.71. The summed E-state index contributed by atoms with van der Waals surface area (Å²) in [5, 5.41) is 0. The standard InChI is InChI=1S/C33H46O6/c1-19(11-10-12-20(2)29(37)38-9)27-24(39-21(3)34)18-32(7)22-13-14-25-30(4,5)26(36)15-16-31(25,6)28(22)23(35)17-33(27,32)8/h12,15-16,19,24-25,27H,10-11,13-14,17-18H2,1-9H3/b20-12+/t19-,24+,25+,27+,31+,32+,33-/m1/s1. The monoisotopic (exact) mass is 538 g/mol. The number of ketones is 2. The minimum Gasteiger partial charge on any atom is -0.466 e. The second-order valence-electron chi connectivity index (χ2n) is 13.8. The van der Waals surface area contributed by atoms with Gasteiger partial charge in [-0.05, 0) is 67.8 Å². The van der Waals surface area contributed by atoms with Gasteiger partial charge in [-0.15, -0.1) is 0 Å². The van der Waals surface area contributed by atoms with Gasteiger partial charge in [0.15, 0.2) is 11.6 Å². The van der Waals surface area contributed by atoms with Crippen LogP contribution < -0.4 is 0 Å². The molecular formula is C33H46O6. The molecule has 0 N–H and O–H groups in total. The van der Waals surface area contributed by atoms with E-state index in [0.717, 1.165) is 24.8 Å². The summed E-state index contributed by atoms with van der Waals surface area (Å²) in [5.41, 5.74) is 1.01. The van der Waals surface area contributed by atoms with Gasteiger partial charge >= 0.3 is 11.9 Å². The second-order valence-corrected chi connectivity index (χ2v) is 13.8. The first kappa shape index (κ1) is 29.5. The highest BCUT2D eigenvalue weighted by atomic mass is 16.5. The zero-order valence-electron chi connectivity index (χ0n) is 25.2. The van der Waals surface area contributed by atoms with E-state index in [-0.39, 0.29) is 58.2 Å². The Labute approximate surface area is 233 Å². The van der Waals surface area contributed by atoms with Gasteiger partial charge in [0.25, 0.3) is 0 Å². The average molecular weight is 539 g/mol. The summed E-state index contributed by atoms with van der Waals surface area (Å²) in [6.45, 7) is 16.1. The lowest BCUT2D eigenvalue weighted by Gasteiger charge is -2.58. The molecule has 214 valence electrons. The first-order valence-electron chi connectivity index (χ1n) is 14.5. The summed E-state index contributed by atoms with van der Waals surface area (Å²) in [5.74, 6) is -0.0791. The molecule has 0 aliphatic heterocycles. The number of hydrogen-bond donors (Lipinski definition) is 0. The molecule has 6 heteroatoms. The Morgan fingerprint density at radius 3 is 2.41 bits per heavy atom. The number of allylic oxidation sites excluding steroid dienone is 5. The van der Waals surface area contributed by atoms with Crippen LogP contribution >= 0.6 is 0 Å². The van der Waals surface area contributed by atoms with Crippen LogP contribution in [0.2, 0.25) is 0 Å². The van der Waals surface area contributed by atoms with Crippen molar-refractivity contribution < 1.29 is 28.7 Å². The summed E-state index contributed by atoms with van der Waals surface area (Å²) in [7, 11) is 1.38. The van der Waals surface area contributed by atoms with Crippen molar-refractivity contribution in [1.82, 2.24) is 0 Å². The van der Waals surface area contributed by atoms with Crippen LogP contribution in [-0.4, -0.2) is 36.7 Å². The van der Waals surface area contributed by atoms with E-state index in [1.807, 2.05) is 26.0 Å². The Morgan fingerprint density at radius 1 is 1.13 bits per heavy atom. The van der Waals surface area contributed by atoms with Crippen molar-refractivity contribution in [3.8, 4) is 0 Å². The van der Waals surface area contributed by atoms with E-state index in [9.17, 15) is 19.2 Å². The van der Waals surface area contributed by atoms with Gasteiger partial charge in [-0.25, -0.2) is 4.79 Å². The summed E-state index contributed by atoms with van der Waals surface area (Å²) in [4.78, 5) is 51.2. The van der Waals surface area contributed by atoms with Gasteiger partial charge in [0.2, 0.25) is 0 Å². The molecule has 0 radical (unpaired) electrons. The Morgan fingerprint density at radius 2 is 1.79 bits per heavy atom. The largest absolute Gasteiger partial charge is 0.466 e. The molecule has 6 nitrogen and oxygen atoms in total. The van der Waals surface area contributed by atoms with E-state index in [0.29, 0.717) is 24.8 Å². The molecule has 0 aromatic heterocycles. The quantitative estimate of drug-likeness (QED) is 0.290. The second kappa shape index (κ2) is 9.85. The van der Waals surface area contributed by atoms with Crippen molar-refractivity contribution in [2.45, 2.75) is 100 Å². The minimum atomic E-state index is -0.521. The number of ether oxygens (including phenoxy) is 2. The highest BCUT2D eigenvalue weighted by Gasteiger charge is 2.68. The van der Waals surface area contributed by atoms with Crippen LogP contribution in [0.5, 0.6) is 0 Å². The van der Waals surface area contributed by atoms with Gasteiger partial charge in [-0.2, -0.15) is 0 Å². The summed E-state index contributed by atoms with van der Waals surface area (Å²) >= 11 is 0. The zero-order chi connectivity index (χ0) is 29.1. The fourth-order valence-electron chi connectivity index (χ4n) is 9.23. The maximum absolute atomic E-state index is 14.2. The molecule has 0 unspecified atom stereocenters. The number of Topliss-reactive ketones (excluding diaryl/α,β-unsaturated/α-hetero) is 1. The number of hydrogen-bond acceptors (Lipinski definition) is 6. The first-order valence-corrected chi connectivity index (χ1v) is 14.5. The highest BCUT2D eigenvalue weighted by molar-refractivity contribution is 6.02. The molecule has 0 spiro atoms. The molecule has 0 aromatic rings. The van der Waals surface area contributed by atoms with Crippen LogP contribution in [0, 0.1) is 39.4 Å². The van der Waals surface area contributed by atoms with Crippen molar-refractivity contribution in [3.05, 3.63) is 34.9 Å². The fourth-order valence-corrected chi connectivity index (χ4v) is 9.23. The fraction of sp³-hybridized carbons (Fsp3) is 0.697. The zero-order valence-corrected chi connectivity index (χ0v) is 25.2. The van der Waals surface area contributed by atoms with Crippen molar-refractivity contribution in [2.24, 2.45) is 39.4 Å². The van der Waals surface area contributed by atoms with E-state index >= 15 is 0 Å². The predicted octanol–water partition coefficient (Wildman–Crippen LogP) is 6.34. The Kier molecular flexibility index (Phi) is 7.45. The van der Waals surface area contributed by atoms with Crippen molar-refractivity contribution in [3.63, 3.8) is 0 Å². The molecule has 0 heterocycles. The number of fused-ring (bicyclic) bond motifs is 4. The van der Waals surface area contributed by atoms with E-state index in [4.69, 9.17) is 9.47 Å². The summed E-state index contributed by atoms with van der Waals surface area (Å²) in [6, 6.07) is 0. The lowest BCUT2D eigenvalue weighted by molar-refractivity contribution is -0.150. The Balaban J connectivity index is 1.76. The molecule has 4 aliphatic carbocycles. The van der Waals surface area contributed by atoms with Gasteiger partial charge in [-0.1, -0.05) is 59.3 Å². The molecule has 7 atom stereocenters. The topological polar surface area (TPSA) is 86.7 Å². The van der Waals surface area contributed by atoms with E-state index in [1.165, 1.54) is 19.6 Å². The van der Waals surface area contributed by atoms with Crippen molar-refractivity contribution >= 4 is 23.5 Å². The van der Waals surface area contributed by atoms with E-state index < -0.39 is 10.8 Å². The SMILES string of the molecule is COC(=O)/C(C)=C/CC[C@@H](C)[C@H]1[C@@H](OC(C)=O)C[C@@]2(C)C3=C(C(=O)C[C@]12C)[C@@]1(C)C=CC(=O)C(C)(C)[C@@H]1CC3. The van der Waals surface area contributed by atoms with E-state index in [1.54, 1.807) is 13.0 Å². The first-order chi connectivity index (χ1) is 18.0. The number of carbonyl (C=O) groups excluding carboxylic acids is 4. The van der Waals surface area contributed by atoms with E-state index in [2.05, 4.69) is 27.7 Å². The summed E-state index contributed by atoms with van der Waals surface area (Å²) < 4.78 is 10.8. The normalized spacial score (nSPS) is 38.1. The molecule has 4 rings (SSSR count). The van der Waals surface area contributed by atoms with Gasteiger partial charge in [0.1, 0.15) is 6.10 Å². The van der Waals surface area contributed by atoms with Gasteiger partial charge in [0.05, 0.1) is 7.11 Å². The number of methoxy groups -OCH3 is 1. The molecular weight excluding hydrogens is 492 g/mol. The van der Waals surface area contributed by atoms with Crippen molar-refractivity contribution in [2.75, 3.05) is 7.11 Å².